The van der Waals surface area contributed by atoms with Crippen molar-refractivity contribution in [1.29, 1.82) is 0 Å². The van der Waals surface area contributed by atoms with Gasteiger partial charge in [-0.2, -0.15) is 0 Å². The van der Waals surface area contributed by atoms with E-state index in [1.807, 2.05) is 24.3 Å². The van der Waals surface area contributed by atoms with Crippen LogP contribution in [0.3, 0.4) is 0 Å². The lowest BCUT2D eigenvalue weighted by molar-refractivity contribution is 0.670. The molecule has 108 valence electrons. The summed E-state index contributed by atoms with van der Waals surface area (Å²) in [5.74, 6) is 0. The van der Waals surface area contributed by atoms with Gasteiger partial charge in [-0.3, -0.25) is 4.98 Å². The molecule has 0 saturated heterocycles. The number of halogens is 1. The van der Waals surface area contributed by atoms with Crippen molar-refractivity contribution in [2.24, 2.45) is 0 Å². The second-order valence-corrected chi connectivity index (χ2v) is 5.42. The molecule has 2 nitrogen and oxygen atoms in total. The lowest BCUT2D eigenvalue weighted by Gasteiger charge is -2.05. The molecule has 2 aromatic heterocycles. The standard InChI is InChI=1S/C19H14ClNO/c1-11-9-17(21-10-12(11)2)15-7-3-5-13-14-6-4-8-16(20)19(14)22-18(13)15/h3-10H,1-2H3/i1D3,2D3. The van der Waals surface area contributed by atoms with E-state index in [-0.39, 0.29) is 11.1 Å². The Bertz CT molecular complexity index is 1210. The summed E-state index contributed by atoms with van der Waals surface area (Å²) in [7, 11) is 0. The molecule has 0 atom stereocenters. The van der Waals surface area contributed by atoms with E-state index in [4.69, 9.17) is 24.2 Å². The number of para-hydroxylation sites is 2. The summed E-state index contributed by atoms with van der Waals surface area (Å²) in [5.41, 5.74) is 1.39. The first-order valence-corrected chi connectivity index (χ1v) is 7.06. The SMILES string of the molecule is [2H]C([2H])([2H])c1cnc(-c2cccc3c2oc2c(Cl)cccc23)cc1C([2H])([2H])[2H]. The minimum Gasteiger partial charge on any atom is -0.454 e. The summed E-state index contributed by atoms with van der Waals surface area (Å²) >= 11 is 6.24. The maximum atomic E-state index is 7.75. The third kappa shape index (κ3) is 1.92. The maximum absolute atomic E-state index is 7.75. The molecule has 0 aliphatic heterocycles. The van der Waals surface area contributed by atoms with E-state index in [0.717, 1.165) is 17.0 Å². The fraction of sp³-hybridized carbons (Fsp3) is 0.105. The van der Waals surface area contributed by atoms with Gasteiger partial charge in [0.05, 0.1) is 10.7 Å². The molecular formula is C19H14ClNO. The molecule has 0 radical (unpaired) electrons. The highest BCUT2D eigenvalue weighted by atomic mass is 35.5. The van der Waals surface area contributed by atoms with Gasteiger partial charge in [0.2, 0.25) is 0 Å². The highest BCUT2D eigenvalue weighted by molar-refractivity contribution is 6.36. The van der Waals surface area contributed by atoms with Crippen LogP contribution < -0.4 is 0 Å². The van der Waals surface area contributed by atoms with Gasteiger partial charge in [0.1, 0.15) is 5.58 Å². The zero-order valence-corrected chi connectivity index (χ0v) is 12.1. The van der Waals surface area contributed by atoms with E-state index in [0.29, 0.717) is 27.4 Å². The third-order valence-electron chi connectivity index (χ3n) is 3.66. The zero-order chi connectivity index (χ0) is 20.3. The van der Waals surface area contributed by atoms with E-state index in [1.165, 1.54) is 6.07 Å². The van der Waals surface area contributed by atoms with Crippen LogP contribution in [-0.2, 0) is 0 Å². The summed E-state index contributed by atoms with van der Waals surface area (Å²) in [6, 6.07) is 12.2. The molecular weight excluding hydrogens is 294 g/mol. The molecule has 0 amide bonds. The molecule has 0 spiro atoms. The van der Waals surface area contributed by atoms with Crippen molar-refractivity contribution in [3.8, 4) is 11.3 Å². The van der Waals surface area contributed by atoms with Crippen LogP contribution in [-0.4, -0.2) is 4.98 Å². The minimum absolute atomic E-state index is 0.247. The third-order valence-corrected chi connectivity index (χ3v) is 3.95. The minimum atomic E-state index is -2.59. The van der Waals surface area contributed by atoms with E-state index in [1.54, 1.807) is 12.1 Å². The molecule has 0 unspecified atom stereocenters. The van der Waals surface area contributed by atoms with Crippen molar-refractivity contribution in [2.75, 3.05) is 0 Å². The van der Waals surface area contributed by atoms with Crippen LogP contribution in [0.5, 0.6) is 0 Å². The van der Waals surface area contributed by atoms with Crippen LogP contribution in [0.15, 0.2) is 53.1 Å². The van der Waals surface area contributed by atoms with Crippen molar-refractivity contribution in [2.45, 2.75) is 13.7 Å². The monoisotopic (exact) mass is 313 g/mol. The number of pyridine rings is 1. The van der Waals surface area contributed by atoms with E-state index in [9.17, 15) is 0 Å². The van der Waals surface area contributed by atoms with Crippen molar-refractivity contribution in [3.63, 3.8) is 0 Å². The maximum Gasteiger partial charge on any atom is 0.154 e. The number of fused-ring (bicyclic) bond motifs is 3. The Labute approximate surface area is 141 Å². The molecule has 0 aliphatic rings. The fourth-order valence-corrected chi connectivity index (χ4v) is 2.80. The summed E-state index contributed by atoms with van der Waals surface area (Å²) in [4.78, 5) is 4.23. The fourth-order valence-electron chi connectivity index (χ4n) is 2.59. The molecule has 4 rings (SSSR count). The number of furan rings is 1. The lowest BCUT2D eigenvalue weighted by Crippen LogP contribution is -1.88. The number of aryl methyl sites for hydroxylation is 2. The Hall–Kier alpha value is -2.32. The summed E-state index contributed by atoms with van der Waals surface area (Å²) in [6.45, 7) is -5.17. The number of hydrogen-bond donors (Lipinski definition) is 0. The van der Waals surface area contributed by atoms with Crippen LogP contribution in [0.4, 0.5) is 0 Å². The van der Waals surface area contributed by atoms with Gasteiger partial charge in [0.25, 0.3) is 0 Å². The van der Waals surface area contributed by atoms with Gasteiger partial charge in [-0.05, 0) is 43.0 Å². The Morgan fingerprint density at radius 3 is 2.59 bits per heavy atom. The van der Waals surface area contributed by atoms with Crippen molar-refractivity contribution < 1.29 is 12.6 Å². The highest BCUT2D eigenvalue weighted by Gasteiger charge is 2.14. The smallest absolute Gasteiger partial charge is 0.154 e. The predicted octanol–water partition coefficient (Wildman–Crippen LogP) is 5.92. The summed E-state index contributed by atoms with van der Waals surface area (Å²) in [6.07, 6.45) is 1.11. The first-order valence-electron chi connectivity index (χ1n) is 9.68. The van der Waals surface area contributed by atoms with Crippen LogP contribution >= 0.6 is 11.6 Å². The molecule has 0 bridgehead atoms. The molecule has 2 aromatic carbocycles. The van der Waals surface area contributed by atoms with Gasteiger partial charge in [0.15, 0.2) is 5.58 Å². The van der Waals surface area contributed by atoms with Gasteiger partial charge < -0.3 is 4.42 Å². The average molecular weight is 314 g/mol. The van der Waals surface area contributed by atoms with Gasteiger partial charge in [-0.25, -0.2) is 0 Å². The van der Waals surface area contributed by atoms with Crippen LogP contribution in [0.2, 0.25) is 5.02 Å². The first-order chi connectivity index (χ1) is 13.1. The van der Waals surface area contributed by atoms with E-state index < -0.39 is 13.7 Å². The van der Waals surface area contributed by atoms with Crippen molar-refractivity contribution in [1.82, 2.24) is 4.98 Å². The normalized spacial score (nSPS) is 16.6. The van der Waals surface area contributed by atoms with Crippen molar-refractivity contribution >= 4 is 33.5 Å². The predicted molar refractivity (Wildman–Crippen MR) is 91.4 cm³/mol. The average Bonchev–Trinajstić information content (AvgIpc) is 3.00. The van der Waals surface area contributed by atoms with Crippen molar-refractivity contribution in [3.05, 3.63) is 64.8 Å². The zero-order valence-electron chi connectivity index (χ0n) is 17.4. The quantitative estimate of drug-likeness (QED) is 0.436. The van der Waals surface area contributed by atoms with Crippen LogP contribution in [0.1, 0.15) is 19.4 Å². The van der Waals surface area contributed by atoms with Crippen LogP contribution in [0.25, 0.3) is 33.2 Å². The molecule has 2 heterocycles. The molecule has 0 saturated carbocycles. The topological polar surface area (TPSA) is 26.0 Å². The number of aromatic nitrogens is 1. The largest absolute Gasteiger partial charge is 0.454 e. The second-order valence-electron chi connectivity index (χ2n) is 5.02. The van der Waals surface area contributed by atoms with E-state index in [2.05, 4.69) is 4.98 Å². The molecule has 4 aromatic rings. The first kappa shape index (κ1) is 8.35. The van der Waals surface area contributed by atoms with Gasteiger partial charge >= 0.3 is 0 Å². The Kier molecular flexibility index (Phi) is 1.84. The Morgan fingerprint density at radius 2 is 1.77 bits per heavy atom. The Morgan fingerprint density at radius 1 is 1.00 bits per heavy atom. The second kappa shape index (κ2) is 4.85. The lowest BCUT2D eigenvalue weighted by atomic mass is 10.0. The van der Waals surface area contributed by atoms with Gasteiger partial charge in [0, 0.05) is 30.8 Å². The van der Waals surface area contributed by atoms with E-state index >= 15 is 0 Å². The number of hydrogen-bond acceptors (Lipinski definition) is 2. The number of benzene rings is 2. The molecule has 0 N–H and O–H groups in total. The Balaban J connectivity index is 2.01. The van der Waals surface area contributed by atoms with Gasteiger partial charge in [-0.15, -0.1) is 0 Å². The molecule has 3 heteroatoms. The highest BCUT2D eigenvalue weighted by Crippen LogP contribution is 2.37. The van der Waals surface area contributed by atoms with Crippen LogP contribution in [0, 0.1) is 13.7 Å². The molecule has 0 fully saturated rings. The number of rotatable bonds is 1. The summed E-state index contributed by atoms with van der Waals surface area (Å²) < 4.78 is 52.0. The van der Waals surface area contributed by atoms with Gasteiger partial charge in [-0.1, -0.05) is 35.9 Å². The summed E-state index contributed by atoms with van der Waals surface area (Å²) in [5, 5.41) is 2.11. The molecule has 22 heavy (non-hydrogen) atoms. The molecule has 0 aliphatic carbocycles. The number of nitrogens with zero attached hydrogens (tertiary/aromatic N) is 1.